The maximum Gasteiger partial charge on any atom is 0.136 e. The van der Waals surface area contributed by atoms with Gasteiger partial charge in [-0.3, -0.25) is 0 Å². The molecule has 9 aromatic carbocycles. The third-order valence-electron chi connectivity index (χ3n) is 9.05. The van der Waals surface area contributed by atoms with Gasteiger partial charge in [-0.05, 0) is 106 Å². The summed E-state index contributed by atoms with van der Waals surface area (Å²) in [5, 5.41) is -5.60. The molecule has 0 fully saturated rings. The van der Waals surface area contributed by atoms with Crippen LogP contribution in [0.5, 0.6) is 0 Å². The van der Waals surface area contributed by atoms with Crippen LogP contribution in [0.4, 0.5) is 0 Å². The van der Waals surface area contributed by atoms with E-state index in [2.05, 4.69) is 0 Å². The standard InChI is InChI=1S/C51H34O/c1-51(2)44-23-10-9-15-36(44)41-21-11-20-35(50(41)51)31-25-27-32(28-26-31)47-37-16-5-7-18-39(37)48(40-19-8-6-17-38(40)47)42-22-12-24-45-49(42)43-29-33-13-3-4-14-34(33)30-46(43)52-45/h3-30H,1-2H3/i1D2,2D3,3D,4D,5D,6D,7D,8D,9D,10D,11D,12D,13D,14D,15D,16D,17D,18D,19D,20D,21D,22D,23D,24D,25D,26D,27D,28D,29D,30D. The van der Waals surface area contributed by atoms with Gasteiger partial charge in [0.15, 0.2) is 0 Å². The maximum absolute atomic E-state index is 9.83. The molecule has 1 atom stereocenters. The van der Waals surface area contributed by atoms with Crippen LogP contribution in [-0.2, 0) is 5.41 Å². The molecule has 0 saturated carbocycles. The highest BCUT2D eigenvalue weighted by Crippen LogP contribution is 2.52. The Labute approximate surface area is 348 Å². The zero-order chi connectivity index (χ0) is 63.0. The largest absolute Gasteiger partial charge is 0.456 e. The van der Waals surface area contributed by atoms with E-state index in [1.54, 1.807) is 0 Å². The smallest absolute Gasteiger partial charge is 0.136 e. The van der Waals surface area contributed by atoms with Gasteiger partial charge in [-0.25, -0.2) is 0 Å². The third-order valence-corrected chi connectivity index (χ3v) is 9.05. The minimum atomic E-state index is -3.75. The Hall–Kier alpha value is -6.44. The van der Waals surface area contributed by atoms with E-state index in [1.807, 2.05) is 0 Å². The molecular formula is C51H34O. The molecule has 1 aromatic heterocycles. The highest BCUT2D eigenvalue weighted by atomic mass is 16.3. The van der Waals surface area contributed by atoms with Crippen molar-refractivity contribution in [2.24, 2.45) is 0 Å². The summed E-state index contributed by atoms with van der Waals surface area (Å²) in [5.41, 5.74) is -13.7. The normalized spacial score (nSPS) is 24.4. The van der Waals surface area contributed by atoms with E-state index < -0.39 is 298 Å². The van der Waals surface area contributed by atoms with Crippen LogP contribution in [-0.4, -0.2) is 0 Å². The monoisotopic (exact) mass is 695 g/mol. The van der Waals surface area contributed by atoms with Crippen LogP contribution < -0.4 is 0 Å². The predicted molar refractivity (Wildman–Crippen MR) is 220 cm³/mol. The molecule has 10 aromatic rings. The van der Waals surface area contributed by atoms with Crippen molar-refractivity contribution in [3.8, 4) is 44.5 Å². The summed E-state index contributed by atoms with van der Waals surface area (Å²) in [6, 6.07) is -29.0. The van der Waals surface area contributed by atoms with Crippen LogP contribution in [0.2, 0.25) is 0 Å². The van der Waals surface area contributed by atoms with E-state index in [0.29, 0.717) is 0 Å². The summed E-state index contributed by atoms with van der Waals surface area (Å²) >= 11 is 0. The summed E-state index contributed by atoms with van der Waals surface area (Å²) in [4.78, 5) is 0. The SMILES string of the molecule is [2H]c1c([2H])c([2H])c2c(c1[2H])-c1c([2H])c([2H])c([2H])c(-c3c([2H])c([2H])c(-c4c5c([2H])c([2H])c([2H])c([2H])c5c(-c5c([2H])c([2H])c([2H])c6oc7c([2H])c8c([2H])c([2H])c([2H])c([2H])c8c([2H])c7c56)c5c([2H])c([2H])c([2H])c([2H])c45)c([2H])c3[2H])c1C2(C([2H])[2H])C([2H])([2H])[2H]. The zero-order valence-electron chi connectivity index (χ0n) is 59.0. The van der Waals surface area contributed by atoms with Crippen LogP contribution in [0, 0.1) is 0 Å². The van der Waals surface area contributed by atoms with Crippen molar-refractivity contribution in [1.29, 1.82) is 0 Å². The molecule has 52 heavy (non-hydrogen) atoms. The molecule has 244 valence electrons. The van der Waals surface area contributed by atoms with Gasteiger partial charge in [-0.1, -0.05) is 165 Å². The molecule has 0 spiro atoms. The summed E-state index contributed by atoms with van der Waals surface area (Å²) in [6.07, 6.45) is 0. The first kappa shape index (κ1) is 11.5. The Balaban J connectivity index is 1.39. The first-order chi connectivity index (χ1) is 39.4. The molecule has 0 N–H and O–H groups in total. The lowest BCUT2D eigenvalue weighted by molar-refractivity contribution is 0.662. The minimum Gasteiger partial charge on any atom is -0.456 e. The predicted octanol–water partition coefficient (Wildman–Crippen LogP) is 14.4. The summed E-state index contributed by atoms with van der Waals surface area (Å²) in [6.45, 7) is -6.50. The number of fused-ring (bicyclic) bond motifs is 9. The van der Waals surface area contributed by atoms with E-state index in [0.717, 1.165) is 0 Å². The molecule has 1 aliphatic carbocycles. The van der Waals surface area contributed by atoms with Crippen molar-refractivity contribution >= 4 is 54.3 Å². The fourth-order valence-electron chi connectivity index (χ4n) is 6.89. The Morgan fingerprint density at radius 3 is 1.77 bits per heavy atom. The highest BCUT2D eigenvalue weighted by molar-refractivity contribution is 6.26. The molecule has 11 rings (SSSR count). The number of furan rings is 1. The Morgan fingerprint density at radius 2 is 1.04 bits per heavy atom. The first-order valence-electron chi connectivity index (χ1n) is 32.1. The van der Waals surface area contributed by atoms with Gasteiger partial charge in [0, 0.05) is 23.0 Å². The lowest BCUT2D eigenvalue weighted by atomic mass is 9.78. The van der Waals surface area contributed by atoms with E-state index >= 15 is 0 Å². The second-order valence-corrected chi connectivity index (χ2v) is 11.8. The van der Waals surface area contributed by atoms with Gasteiger partial charge in [0.1, 0.15) is 11.2 Å². The Morgan fingerprint density at radius 1 is 0.462 bits per heavy atom. The number of benzene rings is 9. The quantitative estimate of drug-likeness (QED) is 0.168. The molecule has 1 nitrogen and oxygen atoms in total. The van der Waals surface area contributed by atoms with Gasteiger partial charge in [0.05, 0.1) is 38.4 Å². The molecule has 0 amide bonds. The van der Waals surface area contributed by atoms with Crippen molar-refractivity contribution in [3.05, 3.63) is 180 Å². The maximum atomic E-state index is 9.83. The van der Waals surface area contributed by atoms with Gasteiger partial charge in [0.25, 0.3) is 0 Å². The lowest BCUT2D eigenvalue weighted by Crippen LogP contribution is -2.16. The molecule has 1 aliphatic rings. The zero-order valence-corrected chi connectivity index (χ0v) is 26.0. The second-order valence-electron chi connectivity index (χ2n) is 11.8. The molecule has 1 unspecified atom stereocenters. The third kappa shape index (κ3) is 4.05. The molecule has 1 heterocycles. The number of hydrogen-bond acceptors (Lipinski definition) is 1. The molecule has 0 bridgehead atoms. The van der Waals surface area contributed by atoms with Gasteiger partial charge in [0.2, 0.25) is 0 Å². The van der Waals surface area contributed by atoms with Crippen molar-refractivity contribution in [2.75, 3.05) is 0 Å². The van der Waals surface area contributed by atoms with Gasteiger partial charge < -0.3 is 4.42 Å². The fourth-order valence-corrected chi connectivity index (χ4v) is 6.89. The van der Waals surface area contributed by atoms with Crippen molar-refractivity contribution in [1.82, 2.24) is 0 Å². The molecule has 0 radical (unpaired) electrons. The van der Waals surface area contributed by atoms with Crippen LogP contribution in [0.15, 0.2) is 174 Å². The van der Waals surface area contributed by atoms with Crippen LogP contribution in [0.1, 0.15) is 70.1 Å². The second kappa shape index (κ2) is 10.8. The van der Waals surface area contributed by atoms with Crippen LogP contribution >= 0.6 is 0 Å². The van der Waals surface area contributed by atoms with E-state index in [1.165, 1.54) is 0 Å². The van der Waals surface area contributed by atoms with Crippen molar-refractivity contribution in [3.63, 3.8) is 0 Å². The van der Waals surface area contributed by atoms with Crippen LogP contribution in [0.3, 0.4) is 0 Å². The van der Waals surface area contributed by atoms with Gasteiger partial charge >= 0.3 is 0 Å². The van der Waals surface area contributed by atoms with Gasteiger partial charge in [-0.2, -0.15) is 0 Å². The minimum absolute atomic E-state index is 0.521. The van der Waals surface area contributed by atoms with Crippen molar-refractivity contribution in [2.45, 2.75) is 19.1 Å². The number of hydrogen-bond donors (Lipinski definition) is 0. The van der Waals surface area contributed by atoms with Crippen LogP contribution in [0.25, 0.3) is 98.8 Å². The Kier molecular flexibility index (Phi) is 2.39. The van der Waals surface area contributed by atoms with E-state index in [-0.39, 0.29) is 0 Å². The number of rotatable bonds is 3. The molecule has 0 aliphatic heterocycles. The van der Waals surface area contributed by atoms with E-state index in [4.69, 9.17) is 33.2 Å². The highest BCUT2D eigenvalue weighted by Gasteiger charge is 2.37. The van der Waals surface area contributed by atoms with Crippen molar-refractivity contribution < 1.29 is 49.7 Å². The summed E-state index contributed by atoms with van der Waals surface area (Å²) in [5.74, 6) is 0. The lowest BCUT2D eigenvalue weighted by Gasteiger charge is -2.24. The molecule has 1 heteroatoms. The first-order valence-corrected chi connectivity index (χ1v) is 15.4. The molecular weight excluding hydrogens is 629 g/mol. The topological polar surface area (TPSA) is 13.1 Å². The Bertz CT molecular complexity index is 4770. The fraction of sp³-hybridized carbons (Fsp3) is 0.0588. The van der Waals surface area contributed by atoms with E-state index in [9.17, 15) is 16.4 Å². The average Bonchev–Trinajstić information content (AvgIpc) is 1.62. The summed E-state index contributed by atoms with van der Waals surface area (Å²) < 4.78 is 307. The summed E-state index contributed by atoms with van der Waals surface area (Å²) in [7, 11) is 0. The average molecular weight is 696 g/mol. The van der Waals surface area contributed by atoms with Gasteiger partial charge in [-0.15, -0.1) is 0 Å². The molecule has 0 saturated heterocycles.